The minimum Gasteiger partial charge on any atom is -0.465 e. The summed E-state index contributed by atoms with van der Waals surface area (Å²) in [6.45, 7) is 4.76. The third kappa shape index (κ3) is 5.45. The molecule has 5 heteroatoms. The van der Waals surface area contributed by atoms with Crippen LogP contribution in [0.1, 0.15) is 40.6 Å². The molecule has 0 saturated heterocycles. The Balaban J connectivity index is 1.60. The molecule has 4 rings (SSSR count). The molecule has 1 N–H and O–H groups in total. The zero-order chi connectivity index (χ0) is 23.1. The zero-order valence-electron chi connectivity index (χ0n) is 19.2. The number of hydrogen-bond donors (Lipinski definition) is 1. The van der Waals surface area contributed by atoms with Gasteiger partial charge in [0.1, 0.15) is 23.0 Å². The second-order valence-electron chi connectivity index (χ2n) is 8.28. The van der Waals surface area contributed by atoms with E-state index in [2.05, 4.69) is 4.90 Å². The molecule has 172 valence electrons. The molecule has 33 heavy (non-hydrogen) atoms. The fourth-order valence-corrected chi connectivity index (χ4v) is 4.12. The first-order valence-electron chi connectivity index (χ1n) is 11.3. The second kappa shape index (κ2) is 10.7. The molecule has 2 heterocycles. The Morgan fingerprint density at radius 1 is 0.788 bits per heavy atom. The summed E-state index contributed by atoms with van der Waals surface area (Å²) in [5.74, 6) is 3.11. The molecule has 0 aliphatic heterocycles. The molecular formula is C28H31NO4. The van der Waals surface area contributed by atoms with Crippen LogP contribution in [0.25, 0.3) is 0 Å². The predicted octanol–water partition coefficient (Wildman–Crippen LogP) is 5.50. The SMILES string of the molecule is COCCCN(Cc1ccc(C)o1)Cc1ccc(C(O)(c2ccccc2)c2ccccc2)o1. The Morgan fingerprint density at radius 2 is 1.36 bits per heavy atom. The van der Waals surface area contributed by atoms with E-state index >= 15 is 0 Å². The summed E-state index contributed by atoms with van der Waals surface area (Å²) in [6, 6.07) is 27.1. The smallest absolute Gasteiger partial charge is 0.173 e. The Kier molecular flexibility index (Phi) is 7.45. The normalized spacial score (nSPS) is 11.9. The highest BCUT2D eigenvalue weighted by atomic mass is 16.5. The van der Waals surface area contributed by atoms with Crippen LogP contribution < -0.4 is 0 Å². The number of hydrogen-bond acceptors (Lipinski definition) is 5. The molecule has 2 aromatic heterocycles. The van der Waals surface area contributed by atoms with E-state index < -0.39 is 5.60 Å². The average Bonchev–Trinajstić information content (AvgIpc) is 3.49. The average molecular weight is 446 g/mol. The Bertz CT molecular complexity index is 1080. The summed E-state index contributed by atoms with van der Waals surface area (Å²) >= 11 is 0. The fourth-order valence-electron chi connectivity index (χ4n) is 4.12. The highest BCUT2D eigenvalue weighted by Gasteiger charge is 2.37. The third-order valence-electron chi connectivity index (χ3n) is 5.78. The maximum atomic E-state index is 11.9. The Labute approximate surface area is 195 Å². The van der Waals surface area contributed by atoms with Crippen molar-refractivity contribution < 1.29 is 18.7 Å². The monoisotopic (exact) mass is 445 g/mol. The van der Waals surface area contributed by atoms with E-state index in [0.717, 1.165) is 41.4 Å². The van der Waals surface area contributed by atoms with Gasteiger partial charge in [0.15, 0.2) is 5.60 Å². The van der Waals surface area contributed by atoms with Gasteiger partial charge in [0.05, 0.1) is 13.1 Å². The second-order valence-corrected chi connectivity index (χ2v) is 8.28. The van der Waals surface area contributed by atoms with Crippen LogP contribution in [-0.4, -0.2) is 30.3 Å². The van der Waals surface area contributed by atoms with Gasteiger partial charge in [0.25, 0.3) is 0 Å². The van der Waals surface area contributed by atoms with Crippen molar-refractivity contribution in [2.75, 3.05) is 20.3 Å². The van der Waals surface area contributed by atoms with Gasteiger partial charge < -0.3 is 18.7 Å². The number of aliphatic hydroxyl groups is 1. The molecule has 4 aromatic rings. The molecule has 0 unspecified atom stereocenters. The standard InChI is InChI=1S/C28H31NO4/c1-22-14-15-25(32-22)20-29(18-9-19-31-2)21-26-16-17-27(33-26)28(30,23-10-5-3-6-11-23)24-12-7-4-8-13-24/h3-8,10-17,30H,9,18-21H2,1-2H3. The first-order valence-corrected chi connectivity index (χ1v) is 11.3. The van der Waals surface area contributed by atoms with Gasteiger partial charge in [-0.05, 0) is 48.7 Å². The van der Waals surface area contributed by atoms with Crippen molar-refractivity contribution in [2.24, 2.45) is 0 Å². The molecule has 0 aliphatic rings. The zero-order valence-corrected chi connectivity index (χ0v) is 19.2. The minimum atomic E-state index is -1.38. The van der Waals surface area contributed by atoms with E-state index in [-0.39, 0.29) is 0 Å². The van der Waals surface area contributed by atoms with Gasteiger partial charge in [-0.1, -0.05) is 60.7 Å². The lowest BCUT2D eigenvalue weighted by atomic mass is 9.84. The topological polar surface area (TPSA) is 59.0 Å². The van der Waals surface area contributed by atoms with Crippen LogP contribution in [-0.2, 0) is 23.4 Å². The van der Waals surface area contributed by atoms with Crippen molar-refractivity contribution in [2.45, 2.75) is 32.0 Å². The molecule has 5 nitrogen and oxygen atoms in total. The van der Waals surface area contributed by atoms with Crippen molar-refractivity contribution in [3.05, 3.63) is 119 Å². The van der Waals surface area contributed by atoms with Gasteiger partial charge in [-0.2, -0.15) is 0 Å². The number of nitrogens with zero attached hydrogens (tertiary/aromatic N) is 1. The number of aryl methyl sites for hydroxylation is 1. The van der Waals surface area contributed by atoms with E-state index in [9.17, 15) is 5.11 Å². The van der Waals surface area contributed by atoms with Gasteiger partial charge in [-0.25, -0.2) is 0 Å². The van der Waals surface area contributed by atoms with Crippen LogP contribution in [0.5, 0.6) is 0 Å². The minimum absolute atomic E-state index is 0.501. The quantitative estimate of drug-likeness (QED) is 0.309. The number of furan rings is 2. The molecule has 0 bridgehead atoms. The predicted molar refractivity (Wildman–Crippen MR) is 128 cm³/mol. The van der Waals surface area contributed by atoms with E-state index in [1.165, 1.54) is 0 Å². The Hall–Kier alpha value is -3.12. The lowest BCUT2D eigenvalue weighted by Gasteiger charge is -2.27. The molecule has 2 aromatic carbocycles. The third-order valence-corrected chi connectivity index (χ3v) is 5.78. The van der Waals surface area contributed by atoms with Gasteiger partial charge in [-0.3, -0.25) is 4.90 Å². The van der Waals surface area contributed by atoms with Crippen molar-refractivity contribution >= 4 is 0 Å². The van der Waals surface area contributed by atoms with Gasteiger partial charge >= 0.3 is 0 Å². The first-order chi connectivity index (χ1) is 16.1. The maximum Gasteiger partial charge on any atom is 0.173 e. The van der Waals surface area contributed by atoms with Crippen LogP contribution in [0.2, 0.25) is 0 Å². The molecular weight excluding hydrogens is 414 g/mol. The lowest BCUT2D eigenvalue weighted by molar-refractivity contribution is 0.0944. The summed E-state index contributed by atoms with van der Waals surface area (Å²) in [5.41, 5.74) is 0.153. The molecule has 0 saturated carbocycles. The summed E-state index contributed by atoms with van der Waals surface area (Å²) in [4.78, 5) is 2.27. The summed E-state index contributed by atoms with van der Waals surface area (Å²) in [7, 11) is 1.72. The largest absolute Gasteiger partial charge is 0.465 e. The molecule has 0 atom stereocenters. The summed E-state index contributed by atoms with van der Waals surface area (Å²) < 4.78 is 17.3. The van der Waals surface area contributed by atoms with Gasteiger partial charge in [0, 0.05) is 20.3 Å². The van der Waals surface area contributed by atoms with Crippen LogP contribution in [0.4, 0.5) is 0 Å². The van der Waals surface area contributed by atoms with Crippen molar-refractivity contribution in [3.8, 4) is 0 Å². The van der Waals surface area contributed by atoms with E-state index in [1.807, 2.05) is 91.9 Å². The van der Waals surface area contributed by atoms with Crippen molar-refractivity contribution in [1.82, 2.24) is 4.90 Å². The van der Waals surface area contributed by atoms with Crippen molar-refractivity contribution in [1.29, 1.82) is 0 Å². The first kappa shape index (κ1) is 23.1. The Morgan fingerprint density at radius 3 is 1.91 bits per heavy atom. The van der Waals surface area contributed by atoms with Crippen LogP contribution in [0.3, 0.4) is 0 Å². The maximum absolute atomic E-state index is 11.9. The molecule has 0 fully saturated rings. The summed E-state index contributed by atoms with van der Waals surface area (Å²) in [6.07, 6.45) is 0.904. The van der Waals surface area contributed by atoms with E-state index in [1.54, 1.807) is 7.11 Å². The van der Waals surface area contributed by atoms with Gasteiger partial charge in [0.2, 0.25) is 0 Å². The highest BCUT2D eigenvalue weighted by molar-refractivity contribution is 5.43. The molecule has 0 spiro atoms. The van der Waals surface area contributed by atoms with E-state index in [4.69, 9.17) is 13.6 Å². The molecule has 0 aliphatic carbocycles. The van der Waals surface area contributed by atoms with E-state index in [0.29, 0.717) is 25.5 Å². The van der Waals surface area contributed by atoms with Crippen LogP contribution in [0, 0.1) is 6.92 Å². The van der Waals surface area contributed by atoms with Crippen molar-refractivity contribution in [3.63, 3.8) is 0 Å². The number of rotatable bonds is 11. The molecule has 0 amide bonds. The fraction of sp³-hybridized carbons (Fsp3) is 0.286. The molecule has 0 radical (unpaired) electrons. The number of ether oxygens (including phenoxy) is 1. The summed E-state index contributed by atoms with van der Waals surface area (Å²) in [5, 5.41) is 11.9. The van der Waals surface area contributed by atoms with Gasteiger partial charge in [-0.15, -0.1) is 0 Å². The van der Waals surface area contributed by atoms with Crippen LogP contribution >= 0.6 is 0 Å². The number of methoxy groups -OCH3 is 1. The lowest BCUT2D eigenvalue weighted by Crippen LogP contribution is -2.28. The van der Waals surface area contributed by atoms with Crippen LogP contribution in [0.15, 0.2) is 93.8 Å². The number of benzene rings is 2. The highest BCUT2D eigenvalue weighted by Crippen LogP contribution is 2.37.